The molecule has 34 heavy (non-hydrogen) atoms. The lowest BCUT2D eigenvalue weighted by Crippen LogP contribution is -2.34. The van der Waals surface area contributed by atoms with E-state index >= 15 is 0 Å². The topological polar surface area (TPSA) is 83.1 Å². The van der Waals surface area contributed by atoms with E-state index < -0.39 is 11.9 Å². The average Bonchev–Trinajstić information content (AvgIpc) is 2.86. The Bertz CT molecular complexity index is 1160. The normalized spacial score (nSPS) is 17.6. The van der Waals surface area contributed by atoms with Gasteiger partial charge in [0.05, 0.1) is 32.8 Å². The fourth-order valence-corrected chi connectivity index (χ4v) is 4.65. The SMILES string of the molecule is COc1ccc(COC(=O)C2=C(C)NC3=C(C(=O)CCC3)C2c2cccc(OC)c2OC)cc1. The highest BCUT2D eigenvalue weighted by molar-refractivity contribution is 6.04. The highest BCUT2D eigenvalue weighted by Crippen LogP contribution is 2.47. The molecule has 1 heterocycles. The predicted molar refractivity (Wildman–Crippen MR) is 127 cm³/mol. The second kappa shape index (κ2) is 10.0. The Hall–Kier alpha value is -3.74. The van der Waals surface area contributed by atoms with Gasteiger partial charge in [0.25, 0.3) is 0 Å². The van der Waals surface area contributed by atoms with Gasteiger partial charge in [-0.1, -0.05) is 24.3 Å². The van der Waals surface area contributed by atoms with Crippen molar-refractivity contribution >= 4 is 11.8 Å². The smallest absolute Gasteiger partial charge is 0.337 e. The Morgan fingerprint density at radius 2 is 1.76 bits per heavy atom. The summed E-state index contributed by atoms with van der Waals surface area (Å²) < 4.78 is 22.1. The summed E-state index contributed by atoms with van der Waals surface area (Å²) >= 11 is 0. The van der Waals surface area contributed by atoms with Gasteiger partial charge in [0.2, 0.25) is 0 Å². The van der Waals surface area contributed by atoms with Crippen LogP contribution in [0, 0.1) is 0 Å². The van der Waals surface area contributed by atoms with Crippen LogP contribution in [0.3, 0.4) is 0 Å². The zero-order chi connectivity index (χ0) is 24.2. The number of allylic oxidation sites excluding steroid dienone is 3. The summed E-state index contributed by atoms with van der Waals surface area (Å²) in [5, 5.41) is 3.31. The summed E-state index contributed by atoms with van der Waals surface area (Å²) in [5.74, 6) is 0.683. The van der Waals surface area contributed by atoms with E-state index in [1.165, 1.54) is 0 Å². The van der Waals surface area contributed by atoms with E-state index in [4.69, 9.17) is 18.9 Å². The summed E-state index contributed by atoms with van der Waals surface area (Å²) in [4.78, 5) is 26.6. The van der Waals surface area contributed by atoms with Gasteiger partial charge in [-0.3, -0.25) is 4.79 Å². The third kappa shape index (κ3) is 4.38. The molecule has 7 nitrogen and oxygen atoms in total. The van der Waals surface area contributed by atoms with Gasteiger partial charge >= 0.3 is 5.97 Å². The number of nitrogens with one attached hydrogen (secondary N) is 1. The van der Waals surface area contributed by atoms with Gasteiger partial charge < -0.3 is 24.3 Å². The second-order valence-electron chi connectivity index (χ2n) is 8.27. The molecule has 7 heteroatoms. The van der Waals surface area contributed by atoms with Crippen molar-refractivity contribution < 1.29 is 28.5 Å². The van der Waals surface area contributed by atoms with Crippen molar-refractivity contribution in [3.8, 4) is 17.2 Å². The highest BCUT2D eigenvalue weighted by atomic mass is 16.5. The monoisotopic (exact) mass is 463 g/mol. The zero-order valence-electron chi connectivity index (χ0n) is 19.9. The number of para-hydroxylation sites is 1. The number of ketones is 1. The fraction of sp³-hybridized carbons (Fsp3) is 0.333. The van der Waals surface area contributed by atoms with E-state index in [0.717, 1.165) is 29.9 Å². The summed E-state index contributed by atoms with van der Waals surface area (Å²) in [6, 6.07) is 12.8. The number of dihydropyridines is 1. The molecule has 2 aliphatic rings. The van der Waals surface area contributed by atoms with Crippen LogP contribution in [0.5, 0.6) is 17.2 Å². The van der Waals surface area contributed by atoms with E-state index in [1.807, 2.05) is 43.3 Å². The lowest BCUT2D eigenvalue weighted by Gasteiger charge is -2.34. The summed E-state index contributed by atoms with van der Waals surface area (Å²) in [7, 11) is 4.72. The van der Waals surface area contributed by atoms with Crippen molar-refractivity contribution in [3.63, 3.8) is 0 Å². The number of ether oxygens (including phenoxy) is 4. The number of hydrogen-bond acceptors (Lipinski definition) is 7. The third-order valence-electron chi connectivity index (χ3n) is 6.27. The van der Waals surface area contributed by atoms with Crippen LogP contribution in [0.25, 0.3) is 0 Å². The van der Waals surface area contributed by atoms with Gasteiger partial charge in [-0.2, -0.15) is 0 Å². The first-order valence-corrected chi connectivity index (χ1v) is 11.2. The maximum atomic E-state index is 13.5. The van der Waals surface area contributed by atoms with Gasteiger partial charge in [0, 0.05) is 29.0 Å². The van der Waals surface area contributed by atoms with Crippen LogP contribution >= 0.6 is 0 Å². The van der Waals surface area contributed by atoms with Crippen LogP contribution in [0.15, 0.2) is 65.0 Å². The number of carbonyl (C=O) groups is 2. The molecule has 0 saturated heterocycles. The van der Waals surface area contributed by atoms with Crippen LogP contribution in [-0.4, -0.2) is 33.1 Å². The molecule has 4 rings (SSSR count). The van der Waals surface area contributed by atoms with E-state index in [0.29, 0.717) is 40.3 Å². The fourth-order valence-electron chi connectivity index (χ4n) is 4.65. The zero-order valence-corrected chi connectivity index (χ0v) is 19.9. The molecule has 0 fully saturated rings. The molecule has 1 aliphatic heterocycles. The molecule has 2 aromatic rings. The van der Waals surface area contributed by atoms with Crippen LogP contribution in [0.2, 0.25) is 0 Å². The third-order valence-corrected chi connectivity index (χ3v) is 6.27. The molecule has 1 N–H and O–H groups in total. The van der Waals surface area contributed by atoms with Gasteiger partial charge in [-0.05, 0) is 43.5 Å². The summed E-state index contributed by atoms with van der Waals surface area (Å²) in [6.45, 7) is 1.94. The maximum Gasteiger partial charge on any atom is 0.337 e. The van der Waals surface area contributed by atoms with Crippen molar-refractivity contribution in [1.82, 2.24) is 5.32 Å². The number of Topliss-reactive ketones (excluding diaryl/α,β-unsaturated/α-hetero) is 1. The van der Waals surface area contributed by atoms with Crippen molar-refractivity contribution in [2.75, 3.05) is 21.3 Å². The van der Waals surface area contributed by atoms with Gasteiger partial charge in [0.1, 0.15) is 12.4 Å². The number of methoxy groups -OCH3 is 3. The first kappa shape index (κ1) is 23.4. The Balaban J connectivity index is 1.74. The van der Waals surface area contributed by atoms with Crippen LogP contribution in [-0.2, 0) is 20.9 Å². The number of benzene rings is 2. The average molecular weight is 464 g/mol. The first-order chi connectivity index (χ1) is 16.5. The second-order valence-corrected chi connectivity index (χ2v) is 8.27. The Labute approximate surface area is 199 Å². The standard InChI is InChI=1S/C27H29NO6/c1-16-23(27(30)34-15-17-11-13-18(31-2)14-12-17)24(25-20(28-16)8-6-9-21(25)29)19-7-5-10-22(32-3)26(19)33-4/h5,7,10-14,24,28H,6,8-9,15H2,1-4H3. The Morgan fingerprint density at radius 3 is 2.44 bits per heavy atom. The quantitative estimate of drug-likeness (QED) is 0.609. The molecule has 0 aromatic heterocycles. The lowest BCUT2D eigenvalue weighted by molar-refractivity contribution is -0.140. The van der Waals surface area contributed by atoms with Crippen molar-refractivity contribution in [1.29, 1.82) is 0 Å². The van der Waals surface area contributed by atoms with E-state index in [9.17, 15) is 9.59 Å². The molecule has 0 radical (unpaired) electrons. The Morgan fingerprint density at radius 1 is 1.00 bits per heavy atom. The predicted octanol–water partition coefficient (Wildman–Crippen LogP) is 4.42. The minimum atomic E-state index is -0.613. The number of carbonyl (C=O) groups excluding carboxylic acids is 2. The van der Waals surface area contributed by atoms with Crippen molar-refractivity contribution in [3.05, 3.63) is 76.1 Å². The molecule has 0 spiro atoms. The van der Waals surface area contributed by atoms with Crippen molar-refractivity contribution in [2.24, 2.45) is 0 Å². The minimum Gasteiger partial charge on any atom is -0.497 e. The largest absolute Gasteiger partial charge is 0.497 e. The number of hydrogen-bond donors (Lipinski definition) is 1. The molecule has 0 saturated carbocycles. The van der Waals surface area contributed by atoms with E-state index in [1.54, 1.807) is 27.4 Å². The molecule has 0 amide bonds. The molecule has 1 unspecified atom stereocenters. The van der Waals surface area contributed by atoms with Crippen LogP contribution < -0.4 is 19.5 Å². The molecule has 2 aromatic carbocycles. The summed E-state index contributed by atoms with van der Waals surface area (Å²) in [6.07, 6.45) is 1.96. The van der Waals surface area contributed by atoms with E-state index in [2.05, 4.69) is 5.32 Å². The molecular weight excluding hydrogens is 434 g/mol. The molecular formula is C27H29NO6. The van der Waals surface area contributed by atoms with Crippen LogP contribution in [0.4, 0.5) is 0 Å². The highest BCUT2D eigenvalue weighted by Gasteiger charge is 2.40. The van der Waals surface area contributed by atoms with E-state index in [-0.39, 0.29) is 12.4 Å². The van der Waals surface area contributed by atoms with Gasteiger partial charge in [0.15, 0.2) is 17.3 Å². The van der Waals surface area contributed by atoms with Crippen LogP contribution in [0.1, 0.15) is 43.2 Å². The lowest BCUT2D eigenvalue weighted by atomic mass is 9.75. The number of esters is 1. The maximum absolute atomic E-state index is 13.5. The Kier molecular flexibility index (Phi) is 6.91. The van der Waals surface area contributed by atoms with Crippen molar-refractivity contribution in [2.45, 2.75) is 38.7 Å². The summed E-state index contributed by atoms with van der Waals surface area (Å²) in [5.41, 5.74) is 4.05. The van der Waals surface area contributed by atoms with Gasteiger partial charge in [-0.25, -0.2) is 4.79 Å². The minimum absolute atomic E-state index is 0.0246. The van der Waals surface area contributed by atoms with Gasteiger partial charge in [-0.15, -0.1) is 0 Å². The molecule has 1 aliphatic carbocycles. The molecule has 178 valence electrons. The first-order valence-electron chi connectivity index (χ1n) is 11.2. The molecule has 0 bridgehead atoms. The molecule has 1 atom stereocenters. The number of rotatable bonds is 7.